The first kappa shape index (κ1) is 11.5. The second-order valence-corrected chi connectivity index (χ2v) is 3.23. The third kappa shape index (κ3) is 3.23. The lowest BCUT2D eigenvalue weighted by molar-refractivity contribution is -0.141. The Morgan fingerprint density at radius 2 is 2.27 bits per heavy atom. The maximum Gasteiger partial charge on any atom is 0.310 e. The highest BCUT2D eigenvalue weighted by Crippen LogP contribution is 2.13. The minimum Gasteiger partial charge on any atom is -0.461 e. The predicted octanol–water partition coefficient (Wildman–Crippen LogP) is 1.95. The van der Waals surface area contributed by atoms with Gasteiger partial charge < -0.3 is 9.26 Å². The van der Waals surface area contributed by atoms with Crippen molar-refractivity contribution in [2.45, 2.75) is 27.2 Å². The topological polar surface area (TPSA) is 52.3 Å². The van der Waals surface area contributed by atoms with Gasteiger partial charge in [0.1, 0.15) is 12.4 Å². The minimum atomic E-state index is -0.262. The number of carbonyl (C=O) groups is 1. The Hall–Kier alpha value is -1.58. The van der Waals surface area contributed by atoms with Gasteiger partial charge in [-0.05, 0) is 20.8 Å². The number of carbonyl (C=O) groups excluding carboxylic acids is 1. The number of ether oxygens (including phenoxy) is 1. The molecule has 0 spiro atoms. The van der Waals surface area contributed by atoms with Crippen molar-refractivity contribution in [1.82, 2.24) is 5.16 Å². The molecule has 0 atom stereocenters. The largest absolute Gasteiger partial charge is 0.461 e. The molecule has 82 valence electrons. The minimum absolute atomic E-state index is 0.221. The van der Waals surface area contributed by atoms with Crippen LogP contribution in [0, 0.1) is 13.8 Å². The molecular formula is C11H15NO3. The van der Waals surface area contributed by atoms with Crippen LogP contribution in [0.3, 0.4) is 0 Å². The molecule has 0 saturated carbocycles. The zero-order chi connectivity index (χ0) is 11.3. The van der Waals surface area contributed by atoms with Crippen LogP contribution in [0.2, 0.25) is 0 Å². The fourth-order valence-electron chi connectivity index (χ4n) is 1.19. The van der Waals surface area contributed by atoms with Gasteiger partial charge in [0.25, 0.3) is 0 Å². The summed E-state index contributed by atoms with van der Waals surface area (Å²) in [5, 5.41) is 3.77. The fraction of sp³-hybridized carbons (Fsp3) is 0.455. The van der Waals surface area contributed by atoms with E-state index in [1.807, 2.05) is 19.9 Å². The van der Waals surface area contributed by atoms with Crippen LogP contribution in [0.1, 0.15) is 23.9 Å². The van der Waals surface area contributed by atoms with E-state index in [0.717, 1.165) is 11.3 Å². The van der Waals surface area contributed by atoms with E-state index in [4.69, 9.17) is 9.26 Å². The van der Waals surface area contributed by atoms with E-state index >= 15 is 0 Å². The van der Waals surface area contributed by atoms with E-state index < -0.39 is 0 Å². The summed E-state index contributed by atoms with van der Waals surface area (Å²) in [6.45, 7) is 5.79. The van der Waals surface area contributed by atoms with Crippen LogP contribution in [-0.4, -0.2) is 17.7 Å². The molecule has 1 aromatic rings. The van der Waals surface area contributed by atoms with Crippen molar-refractivity contribution >= 4 is 5.97 Å². The van der Waals surface area contributed by atoms with Crippen molar-refractivity contribution in [1.29, 1.82) is 0 Å². The Kier molecular flexibility index (Phi) is 4.09. The first-order valence-electron chi connectivity index (χ1n) is 4.83. The van der Waals surface area contributed by atoms with Gasteiger partial charge in [0.2, 0.25) is 0 Å². The average Bonchev–Trinajstić information content (AvgIpc) is 2.50. The van der Waals surface area contributed by atoms with Gasteiger partial charge in [-0.2, -0.15) is 0 Å². The number of aromatic nitrogens is 1. The molecule has 0 saturated heterocycles. The van der Waals surface area contributed by atoms with E-state index in [2.05, 4.69) is 5.16 Å². The molecular weight excluding hydrogens is 194 g/mol. The Morgan fingerprint density at radius 1 is 1.53 bits per heavy atom. The highest BCUT2D eigenvalue weighted by Gasteiger charge is 2.13. The Labute approximate surface area is 88.9 Å². The molecule has 0 aliphatic carbocycles. The second kappa shape index (κ2) is 5.34. The zero-order valence-corrected chi connectivity index (χ0v) is 9.24. The molecule has 4 heteroatoms. The van der Waals surface area contributed by atoms with Crippen molar-refractivity contribution in [3.05, 3.63) is 29.2 Å². The molecule has 1 heterocycles. The van der Waals surface area contributed by atoms with E-state index in [0.29, 0.717) is 12.4 Å². The molecule has 0 fully saturated rings. The summed E-state index contributed by atoms with van der Waals surface area (Å²) in [4.78, 5) is 11.4. The van der Waals surface area contributed by atoms with Crippen molar-refractivity contribution in [3.63, 3.8) is 0 Å². The first-order chi connectivity index (χ1) is 7.15. The molecule has 0 radical (unpaired) electrons. The smallest absolute Gasteiger partial charge is 0.310 e. The maximum absolute atomic E-state index is 11.4. The van der Waals surface area contributed by atoms with Crippen LogP contribution >= 0.6 is 0 Å². The molecule has 1 aromatic heterocycles. The number of aryl methyl sites for hydroxylation is 2. The third-order valence-electron chi connectivity index (χ3n) is 2.08. The van der Waals surface area contributed by atoms with Gasteiger partial charge in [0, 0.05) is 5.56 Å². The normalized spacial score (nSPS) is 10.9. The zero-order valence-electron chi connectivity index (χ0n) is 9.24. The highest BCUT2D eigenvalue weighted by molar-refractivity contribution is 5.73. The van der Waals surface area contributed by atoms with Crippen molar-refractivity contribution in [2.24, 2.45) is 0 Å². The summed E-state index contributed by atoms with van der Waals surface area (Å²) in [6, 6.07) is 0. The predicted molar refractivity (Wildman–Crippen MR) is 55.5 cm³/mol. The molecule has 0 aliphatic heterocycles. The van der Waals surface area contributed by atoms with Crippen LogP contribution in [0.5, 0.6) is 0 Å². The lowest BCUT2D eigenvalue weighted by atomic mass is 10.1. The molecule has 0 bridgehead atoms. The lowest BCUT2D eigenvalue weighted by Crippen LogP contribution is -2.09. The monoisotopic (exact) mass is 209 g/mol. The Bertz CT molecular complexity index is 346. The van der Waals surface area contributed by atoms with E-state index in [-0.39, 0.29) is 12.4 Å². The summed E-state index contributed by atoms with van der Waals surface area (Å²) in [7, 11) is 0. The van der Waals surface area contributed by atoms with Gasteiger partial charge >= 0.3 is 5.97 Å². The van der Waals surface area contributed by atoms with Crippen LogP contribution in [-0.2, 0) is 16.0 Å². The van der Waals surface area contributed by atoms with Crippen molar-refractivity contribution in [2.75, 3.05) is 6.61 Å². The maximum atomic E-state index is 11.4. The average molecular weight is 209 g/mol. The van der Waals surface area contributed by atoms with Gasteiger partial charge in [0.05, 0.1) is 12.1 Å². The number of esters is 1. The van der Waals surface area contributed by atoms with Crippen LogP contribution in [0.4, 0.5) is 0 Å². The Balaban J connectivity index is 2.51. The van der Waals surface area contributed by atoms with Crippen LogP contribution < -0.4 is 0 Å². The lowest BCUT2D eigenvalue weighted by Gasteiger charge is -2.00. The second-order valence-electron chi connectivity index (χ2n) is 3.23. The molecule has 0 aromatic carbocycles. The summed E-state index contributed by atoms with van der Waals surface area (Å²) in [5.74, 6) is 0.415. The standard InChI is InChI=1S/C11H15NO3/c1-4-5-6-14-11(13)7-10-8(2)12-15-9(10)3/h4-5H,6-7H2,1-3H3/b5-4+. The highest BCUT2D eigenvalue weighted by atomic mass is 16.5. The van der Waals surface area contributed by atoms with Crippen molar-refractivity contribution < 1.29 is 14.1 Å². The van der Waals surface area contributed by atoms with E-state index in [1.165, 1.54) is 0 Å². The SMILES string of the molecule is C/C=C/COC(=O)Cc1c(C)noc1C. The fourth-order valence-corrected chi connectivity index (χ4v) is 1.19. The number of allylic oxidation sites excluding steroid dienone is 1. The molecule has 4 nitrogen and oxygen atoms in total. The molecule has 0 N–H and O–H groups in total. The van der Waals surface area contributed by atoms with E-state index in [9.17, 15) is 4.79 Å². The summed E-state index contributed by atoms with van der Waals surface area (Å²) in [6.07, 6.45) is 3.84. The van der Waals surface area contributed by atoms with Crippen LogP contribution in [0.25, 0.3) is 0 Å². The van der Waals surface area contributed by atoms with Gasteiger partial charge in [-0.3, -0.25) is 4.79 Å². The number of hydrogen-bond donors (Lipinski definition) is 0. The van der Waals surface area contributed by atoms with Crippen molar-refractivity contribution in [3.8, 4) is 0 Å². The quantitative estimate of drug-likeness (QED) is 0.561. The third-order valence-corrected chi connectivity index (χ3v) is 2.08. The summed E-state index contributed by atoms with van der Waals surface area (Å²) in [5.41, 5.74) is 1.57. The number of hydrogen-bond acceptors (Lipinski definition) is 4. The van der Waals surface area contributed by atoms with Gasteiger partial charge in [-0.25, -0.2) is 0 Å². The Morgan fingerprint density at radius 3 is 2.80 bits per heavy atom. The van der Waals surface area contributed by atoms with Gasteiger partial charge in [0.15, 0.2) is 0 Å². The van der Waals surface area contributed by atoms with Gasteiger partial charge in [-0.15, -0.1) is 0 Å². The molecule has 0 unspecified atom stereocenters. The molecule has 0 amide bonds. The summed E-state index contributed by atoms with van der Waals surface area (Å²) >= 11 is 0. The number of nitrogens with zero attached hydrogens (tertiary/aromatic N) is 1. The number of rotatable bonds is 4. The van der Waals surface area contributed by atoms with Gasteiger partial charge in [-0.1, -0.05) is 17.3 Å². The molecule has 1 rings (SSSR count). The van der Waals surface area contributed by atoms with Crippen LogP contribution in [0.15, 0.2) is 16.7 Å². The summed E-state index contributed by atoms with van der Waals surface area (Å²) < 4.78 is 9.92. The van der Waals surface area contributed by atoms with E-state index in [1.54, 1.807) is 13.0 Å². The molecule has 15 heavy (non-hydrogen) atoms. The molecule has 0 aliphatic rings. The first-order valence-corrected chi connectivity index (χ1v) is 4.83.